The van der Waals surface area contributed by atoms with Gasteiger partial charge >= 0.3 is 11.9 Å². The number of hydrazone groups is 1. The van der Waals surface area contributed by atoms with Crippen LogP contribution in [0.3, 0.4) is 0 Å². The van der Waals surface area contributed by atoms with Gasteiger partial charge in [0.15, 0.2) is 23.9 Å². The highest BCUT2D eigenvalue weighted by Gasteiger charge is 2.15. The van der Waals surface area contributed by atoms with E-state index < -0.39 is 11.9 Å². The van der Waals surface area contributed by atoms with Crippen LogP contribution in [0.15, 0.2) is 54.9 Å². The highest BCUT2D eigenvalue weighted by atomic mass is 79.9. The number of amides is 1. The summed E-state index contributed by atoms with van der Waals surface area (Å²) >= 11 is 6.80. The lowest BCUT2D eigenvalue weighted by Crippen LogP contribution is -2.17. The second-order valence-corrected chi connectivity index (χ2v) is 8.12. The van der Waals surface area contributed by atoms with Crippen molar-refractivity contribution in [1.82, 2.24) is 5.43 Å². The molecule has 1 heterocycles. The average Bonchev–Trinajstić information content (AvgIpc) is 3.17. The lowest BCUT2D eigenvalue weighted by Gasteiger charge is -2.14. The van der Waals surface area contributed by atoms with Gasteiger partial charge in [0.1, 0.15) is 5.58 Å². The lowest BCUT2D eigenvalue weighted by molar-refractivity contribution is -0.145. The van der Waals surface area contributed by atoms with Crippen LogP contribution in [0.1, 0.15) is 30.0 Å². The largest absolute Gasteiger partial charge is 0.490 e. The summed E-state index contributed by atoms with van der Waals surface area (Å²) in [5.41, 5.74) is 3.68. The van der Waals surface area contributed by atoms with E-state index >= 15 is 0 Å². The van der Waals surface area contributed by atoms with Gasteiger partial charge < -0.3 is 18.6 Å². The second kappa shape index (κ2) is 11.1. The summed E-state index contributed by atoms with van der Waals surface area (Å²) in [7, 11) is 0. The van der Waals surface area contributed by atoms with Crippen molar-refractivity contribution in [3.63, 3.8) is 0 Å². The molecule has 0 saturated heterocycles. The standard InChI is InChI=1S/C22H20Br2N2O6/c1-3-29-18-8-13(7-16(24)21(18)31-12-20(27)30-4-2)11-25-26-22(28)19-10-14-9-15(23)5-6-17(14)32-19/h5-11H,3-4,12H2,1-2H3,(H,26,28)/b25-11+. The number of esters is 1. The third kappa shape index (κ3) is 6.10. The van der Waals surface area contributed by atoms with Gasteiger partial charge in [-0.15, -0.1) is 0 Å². The molecule has 168 valence electrons. The molecule has 3 aromatic rings. The number of carbonyl (C=O) groups excluding carboxylic acids is 2. The quantitative estimate of drug-likeness (QED) is 0.220. The SMILES string of the molecule is CCOC(=O)COc1c(Br)cc(/C=N/NC(=O)c2cc3cc(Br)ccc3o2)cc1OCC. The number of rotatable bonds is 9. The Labute approximate surface area is 201 Å². The van der Waals surface area contributed by atoms with Gasteiger partial charge in [0.25, 0.3) is 0 Å². The van der Waals surface area contributed by atoms with Gasteiger partial charge in [-0.25, -0.2) is 10.2 Å². The molecule has 0 bridgehead atoms. The Morgan fingerprint density at radius 3 is 2.66 bits per heavy atom. The first-order valence-electron chi connectivity index (χ1n) is 9.68. The zero-order valence-corrected chi connectivity index (χ0v) is 20.5. The van der Waals surface area contributed by atoms with E-state index in [1.54, 1.807) is 31.2 Å². The van der Waals surface area contributed by atoms with Crippen LogP contribution in [0.25, 0.3) is 11.0 Å². The van der Waals surface area contributed by atoms with Crippen molar-refractivity contribution in [2.75, 3.05) is 19.8 Å². The van der Waals surface area contributed by atoms with Gasteiger partial charge in [-0.1, -0.05) is 15.9 Å². The molecule has 0 spiro atoms. The van der Waals surface area contributed by atoms with Crippen LogP contribution in [-0.2, 0) is 9.53 Å². The number of halogens is 2. The van der Waals surface area contributed by atoms with Gasteiger partial charge in [-0.05, 0) is 71.7 Å². The minimum Gasteiger partial charge on any atom is -0.490 e. The molecule has 1 N–H and O–H groups in total. The molecule has 32 heavy (non-hydrogen) atoms. The zero-order chi connectivity index (χ0) is 23.1. The average molecular weight is 568 g/mol. The number of benzene rings is 2. The molecule has 0 aliphatic carbocycles. The van der Waals surface area contributed by atoms with Crippen molar-refractivity contribution in [2.24, 2.45) is 5.10 Å². The van der Waals surface area contributed by atoms with Gasteiger partial charge in [-0.3, -0.25) is 4.79 Å². The van der Waals surface area contributed by atoms with E-state index in [0.29, 0.717) is 33.7 Å². The van der Waals surface area contributed by atoms with E-state index in [2.05, 4.69) is 42.4 Å². The highest BCUT2D eigenvalue weighted by Crippen LogP contribution is 2.36. The molecule has 8 nitrogen and oxygen atoms in total. The highest BCUT2D eigenvalue weighted by molar-refractivity contribution is 9.10. The molecule has 0 aliphatic rings. The van der Waals surface area contributed by atoms with E-state index in [0.717, 1.165) is 9.86 Å². The van der Waals surface area contributed by atoms with Crippen molar-refractivity contribution < 1.29 is 28.2 Å². The predicted molar refractivity (Wildman–Crippen MR) is 126 cm³/mol. The number of carbonyl (C=O) groups is 2. The van der Waals surface area contributed by atoms with Crippen LogP contribution in [0.2, 0.25) is 0 Å². The molecule has 0 radical (unpaired) electrons. The van der Waals surface area contributed by atoms with Crippen molar-refractivity contribution in [2.45, 2.75) is 13.8 Å². The Morgan fingerprint density at radius 2 is 1.91 bits per heavy atom. The Bertz CT molecular complexity index is 1160. The minimum absolute atomic E-state index is 0.147. The smallest absolute Gasteiger partial charge is 0.344 e. The van der Waals surface area contributed by atoms with Crippen LogP contribution >= 0.6 is 31.9 Å². The number of furan rings is 1. The normalized spacial score (nSPS) is 11.0. The second-order valence-electron chi connectivity index (χ2n) is 6.35. The molecular weight excluding hydrogens is 548 g/mol. The lowest BCUT2D eigenvalue weighted by atomic mass is 10.2. The molecule has 0 saturated carbocycles. The summed E-state index contributed by atoms with van der Waals surface area (Å²) in [4.78, 5) is 23.9. The van der Waals surface area contributed by atoms with E-state index in [1.807, 2.05) is 19.1 Å². The van der Waals surface area contributed by atoms with Gasteiger partial charge in [0.2, 0.25) is 0 Å². The first-order valence-corrected chi connectivity index (χ1v) is 11.3. The van der Waals surface area contributed by atoms with Crippen molar-refractivity contribution in [3.8, 4) is 11.5 Å². The van der Waals surface area contributed by atoms with Gasteiger partial charge in [0.05, 0.1) is 23.9 Å². The fraction of sp³-hybridized carbons (Fsp3) is 0.227. The minimum atomic E-state index is -0.480. The fourth-order valence-electron chi connectivity index (χ4n) is 2.75. The first-order chi connectivity index (χ1) is 15.4. The Balaban J connectivity index is 1.71. The number of hydrogen-bond donors (Lipinski definition) is 1. The molecule has 0 atom stereocenters. The van der Waals surface area contributed by atoms with Crippen molar-refractivity contribution in [1.29, 1.82) is 0 Å². The maximum atomic E-state index is 12.4. The summed E-state index contributed by atoms with van der Waals surface area (Å²) in [6.45, 7) is 3.97. The molecule has 10 heteroatoms. The van der Waals surface area contributed by atoms with Crippen LogP contribution in [0, 0.1) is 0 Å². The first kappa shape index (κ1) is 23.8. The molecule has 1 aromatic heterocycles. The predicted octanol–water partition coefficient (Wildman–Crippen LogP) is 5.06. The van der Waals surface area contributed by atoms with Gasteiger partial charge in [0, 0.05) is 9.86 Å². The van der Waals surface area contributed by atoms with Gasteiger partial charge in [-0.2, -0.15) is 5.10 Å². The molecule has 0 unspecified atom stereocenters. The third-order valence-corrected chi connectivity index (χ3v) is 5.14. The zero-order valence-electron chi connectivity index (χ0n) is 17.3. The Morgan fingerprint density at radius 1 is 1.09 bits per heavy atom. The molecular formula is C22H20Br2N2O6. The monoisotopic (exact) mass is 566 g/mol. The summed E-state index contributed by atoms with van der Waals surface area (Å²) in [6.07, 6.45) is 1.46. The number of ether oxygens (including phenoxy) is 3. The molecule has 2 aromatic carbocycles. The molecule has 0 fully saturated rings. The number of fused-ring (bicyclic) bond motifs is 1. The van der Waals surface area contributed by atoms with E-state index in [-0.39, 0.29) is 19.0 Å². The topological polar surface area (TPSA) is 99.4 Å². The number of nitrogens with one attached hydrogen (secondary N) is 1. The molecule has 1 amide bonds. The van der Waals surface area contributed by atoms with Crippen molar-refractivity contribution >= 4 is 60.9 Å². The Kier molecular flexibility index (Phi) is 8.29. The number of nitrogens with zero attached hydrogens (tertiary/aromatic N) is 1. The maximum Gasteiger partial charge on any atom is 0.344 e. The van der Waals surface area contributed by atoms with E-state index in [4.69, 9.17) is 18.6 Å². The van der Waals surface area contributed by atoms with Crippen LogP contribution in [0.5, 0.6) is 11.5 Å². The fourth-order valence-corrected chi connectivity index (χ4v) is 3.70. The maximum absolute atomic E-state index is 12.4. The van der Waals surface area contributed by atoms with E-state index in [1.165, 1.54) is 6.21 Å². The summed E-state index contributed by atoms with van der Waals surface area (Å²) in [5, 5.41) is 4.79. The Hall–Kier alpha value is -2.85. The molecule has 3 rings (SSSR count). The van der Waals surface area contributed by atoms with Crippen LogP contribution in [0.4, 0.5) is 0 Å². The number of hydrogen-bond acceptors (Lipinski definition) is 7. The summed E-state index contributed by atoms with van der Waals surface area (Å²) < 4.78 is 23.0. The third-order valence-electron chi connectivity index (χ3n) is 4.05. The van der Waals surface area contributed by atoms with Crippen LogP contribution < -0.4 is 14.9 Å². The van der Waals surface area contributed by atoms with Crippen molar-refractivity contribution in [3.05, 3.63) is 56.7 Å². The molecule has 0 aliphatic heterocycles. The van der Waals surface area contributed by atoms with Crippen LogP contribution in [-0.4, -0.2) is 37.9 Å². The summed E-state index contributed by atoms with van der Waals surface area (Å²) in [5.74, 6) is -0.0225. The van der Waals surface area contributed by atoms with E-state index in [9.17, 15) is 9.59 Å². The summed E-state index contributed by atoms with van der Waals surface area (Å²) in [6, 6.07) is 10.5.